The van der Waals surface area contributed by atoms with Gasteiger partial charge in [0.15, 0.2) is 0 Å². The van der Waals surface area contributed by atoms with Crippen molar-refractivity contribution in [2.45, 2.75) is 26.2 Å². The van der Waals surface area contributed by atoms with Gasteiger partial charge in [-0.2, -0.15) is 5.10 Å². The van der Waals surface area contributed by atoms with E-state index in [1.807, 2.05) is 6.92 Å². The number of hydrogen-bond donors (Lipinski definition) is 2. The van der Waals surface area contributed by atoms with E-state index in [0.29, 0.717) is 25.8 Å². The number of piperidine rings is 1. The molecule has 1 unspecified atom stereocenters. The first kappa shape index (κ1) is 14.2. The molecule has 0 bridgehead atoms. The van der Waals surface area contributed by atoms with Crippen LogP contribution >= 0.6 is 0 Å². The number of likely N-dealkylation sites (tertiary alicyclic amines) is 1. The molecule has 2 rings (SSSR count). The number of rotatable bonds is 3. The Kier molecular flexibility index (Phi) is 3.87. The Balaban J connectivity index is 2.20. The predicted molar refractivity (Wildman–Crippen MR) is 70.4 cm³/mol. The van der Waals surface area contributed by atoms with Gasteiger partial charge in [0, 0.05) is 19.2 Å². The van der Waals surface area contributed by atoms with E-state index in [9.17, 15) is 19.5 Å². The van der Waals surface area contributed by atoms with Crippen LogP contribution in [0.25, 0.3) is 0 Å². The first-order valence-electron chi connectivity index (χ1n) is 6.57. The lowest BCUT2D eigenvalue weighted by molar-refractivity contribution is -0.152. The van der Waals surface area contributed by atoms with Gasteiger partial charge in [-0.05, 0) is 25.3 Å². The van der Waals surface area contributed by atoms with E-state index in [1.165, 1.54) is 17.0 Å². The molecule has 1 aromatic rings. The van der Waals surface area contributed by atoms with Crippen molar-refractivity contribution in [2.75, 3.05) is 13.1 Å². The van der Waals surface area contributed by atoms with Gasteiger partial charge >= 0.3 is 5.97 Å². The third-order valence-electron chi connectivity index (χ3n) is 3.89. The van der Waals surface area contributed by atoms with Crippen LogP contribution in [0.5, 0.6) is 0 Å². The van der Waals surface area contributed by atoms with Gasteiger partial charge in [0.2, 0.25) is 0 Å². The topological polar surface area (TPSA) is 103 Å². The molecule has 1 atom stereocenters. The summed E-state index contributed by atoms with van der Waals surface area (Å²) in [5.74, 6) is -1.22. The van der Waals surface area contributed by atoms with E-state index in [2.05, 4.69) is 10.2 Å². The molecule has 1 aliphatic heterocycles. The van der Waals surface area contributed by atoms with Crippen LogP contribution in [0.15, 0.2) is 16.9 Å². The van der Waals surface area contributed by atoms with E-state index in [-0.39, 0.29) is 23.7 Å². The second-order valence-corrected chi connectivity index (χ2v) is 5.08. The van der Waals surface area contributed by atoms with Crippen LogP contribution in [0, 0.1) is 5.41 Å². The highest BCUT2D eigenvalue weighted by atomic mass is 16.4. The summed E-state index contributed by atoms with van der Waals surface area (Å²) in [4.78, 5) is 36.2. The number of aromatic nitrogens is 2. The number of hydrogen-bond acceptors (Lipinski definition) is 4. The van der Waals surface area contributed by atoms with Gasteiger partial charge in [-0.1, -0.05) is 6.92 Å². The van der Waals surface area contributed by atoms with Gasteiger partial charge in [0.05, 0.1) is 5.41 Å². The Bertz CT molecular complexity index is 563. The minimum Gasteiger partial charge on any atom is -0.481 e. The molecule has 2 N–H and O–H groups in total. The van der Waals surface area contributed by atoms with E-state index in [4.69, 9.17) is 0 Å². The summed E-state index contributed by atoms with van der Waals surface area (Å²) in [5.41, 5.74) is -1.13. The van der Waals surface area contributed by atoms with Crippen LogP contribution in [0.3, 0.4) is 0 Å². The quantitative estimate of drug-likeness (QED) is 0.838. The zero-order valence-corrected chi connectivity index (χ0v) is 11.3. The molecule has 0 radical (unpaired) electrons. The normalized spacial score (nSPS) is 22.6. The molecule has 0 aliphatic carbocycles. The predicted octanol–water partition coefficient (Wildman–Crippen LogP) is 0.487. The summed E-state index contributed by atoms with van der Waals surface area (Å²) < 4.78 is 0. The molecule has 1 saturated heterocycles. The van der Waals surface area contributed by atoms with Crippen LogP contribution in [-0.4, -0.2) is 45.2 Å². The van der Waals surface area contributed by atoms with Crippen molar-refractivity contribution in [3.8, 4) is 0 Å². The molecule has 108 valence electrons. The number of amides is 1. The maximum Gasteiger partial charge on any atom is 0.311 e. The minimum absolute atomic E-state index is 0.127. The van der Waals surface area contributed by atoms with Gasteiger partial charge < -0.3 is 10.0 Å². The maximum atomic E-state index is 12.3. The van der Waals surface area contributed by atoms with E-state index >= 15 is 0 Å². The molecule has 7 heteroatoms. The number of carbonyl (C=O) groups excluding carboxylic acids is 1. The van der Waals surface area contributed by atoms with Gasteiger partial charge in [-0.25, -0.2) is 5.10 Å². The van der Waals surface area contributed by atoms with Crippen molar-refractivity contribution >= 4 is 11.9 Å². The highest BCUT2D eigenvalue weighted by molar-refractivity contribution is 5.92. The van der Waals surface area contributed by atoms with Crippen molar-refractivity contribution in [3.63, 3.8) is 0 Å². The Morgan fingerprint density at radius 2 is 2.25 bits per heavy atom. The summed E-state index contributed by atoms with van der Waals surface area (Å²) >= 11 is 0. The Hall–Kier alpha value is -2.18. The average molecular weight is 279 g/mol. The second kappa shape index (κ2) is 5.44. The van der Waals surface area contributed by atoms with Crippen molar-refractivity contribution < 1.29 is 14.7 Å². The molecule has 1 aliphatic rings. The number of carboxylic acids is 1. The van der Waals surface area contributed by atoms with Crippen molar-refractivity contribution in [1.29, 1.82) is 0 Å². The highest BCUT2D eigenvalue weighted by Crippen LogP contribution is 2.34. The molecular weight excluding hydrogens is 262 g/mol. The Labute approximate surface area is 115 Å². The lowest BCUT2D eigenvalue weighted by atomic mass is 9.77. The zero-order chi connectivity index (χ0) is 14.8. The number of nitrogens with zero attached hydrogens (tertiary/aromatic N) is 2. The van der Waals surface area contributed by atoms with Crippen LogP contribution in [0.2, 0.25) is 0 Å². The van der Waals surface area contributed by atoms with Crippen molar-refractivity contribution in [1.82, 2.24) is 15.1 Å². The van der Waals surface area contributed by atoms with Crippen molar-refractivity contribution in [3.05, 3.63) is 28.2 Å². The van der Waals surface area contributed by atoms with Gasteiger partial charge in [-0.15, -0.1) is 0 Å². The molecule has 7 nitrogen and oxygen atoms in total. The molecule has 20 heavy (non-hydrogen) atoms. The molecule has 1 amide bonds. The van der Waals surface area contributed by atoms with E-state index in [1.54, 1.807) is 0 Å². The lowest BCUT2D eigenvalue weighted by Crippen LogP contribution is -2.49. The van der Waals surface area contributed by atoms with Crippen molar-refractivity contribution in [2.24, 2.45) is 5.41 Å². The number of carboxylic acid groups (broad SMARTS) is 1. The van der Waals surface area contributed by atoms with Gasteiger partial charge in [0.25, 0.3) is 11.5 Å². The van der Waals surface area contributed by atoms with Crippen LogP contribution in [0.4, 0.5) is 0 Å². The summed E-state index contributed by atoms with van der Waals surface area (Å²) in [7, 11) is 0. The fourth-order valence-electron chi connectivity index (χ4n) is 2.55. The van der Waals surface area contributed by atoms with Crippen LogP contribution < -0.4 is 5.56 Å². The number of H-pyrrole nitrogens is 1. The van der Waals surface area contributed by atoms with E-state index < -0.39 is 11.4 Å². The molecule has 1 fully saturated rings. The fourth-order valence-corrected chi connectivity index (χ4v) is 2.55. The first-order chi connectivity index (χ1) is 9.48. The molecule has 0 aromatic carbocycles. The Morgan fingerprint density at radius 1 is 1.50 bits per heavy atom. The first-order valence-corrected chi connectivity index (χ1v) is 6.57. The summed E-state index contributed by atoms with van der Waals surface area (Å²) in [6.45, 7) is 2.51. The number of aromatic amines is 1. The van der Waals surface area contributed by atoms with E-state index in [0.717, 1.165) is 0 Å². The largest absolute Gasteiger partial charge is 0.481 e. The van der Waals surface area contributed by atoms with Gasteiger partial charge in [0.1, 0.15) is 5.69 Å². The zero-order valence-electron chi connectivity index (χ0n) is 11.3. The third kappa shape index (κ3) is 2.56. The molecular formula is C13H17N3O4. The molecule has 1 aromatic heterocycles. The molecule has 0 saturated carbocycles. The minimum atomic E-state index is -0.879. The monoisotopic (exact) mass is 279 g/mol. The van der Waals surface area contributed by atoms with Gasteiger partial charge in [-0.3, -0.25) is 14.4 Å². The number of carbonyl (C=O) groups is 2. The smallest absolute Gasteiger partial charge is 0.311 e. The summed E-state index contributed by atoms with van der Waals surface area (Å²) in [5, 5.41) is 15.3. The lowest BCUT2D eigenvalue weighted by Gasteiger charge is -2.39. The SMILES string of the molecule is CCC1(C(=O)O)CCCN(C(=O)c2ccc(=O)[nH]n2)C1. The van der Waals surface area contributed by atoms with Crippen LogP contribution in [0.1, 0.15) is 36.7 Å². The third-order valence-corrected chi connectivity index (χ3v) is 3.89. The average Bonchev–Trinajstić information content (AvgIpc) is 2.47. The van der Waals surface area contributed by atoms with Crippen LogP contribution in [-0.2, 0) is 4.79 Å². The highest BCUT2D eigenvalue weighted by Gasteiger charge is 2.42. The maximum absolute atomic E-state index is 12.3. The summed E-state index contributed by atoms with van der Waals surface area (Å²) in [6.07, 6.45) is 1.70. The summed E-state index contributed by atoms with van der Waals surface area (Å²) in [6, 6.07) is 2.58. The number of aliphatic carboxylic acids is 1. The standard InChI is InChI=1S/C13H17N3O4/c1-2-13(12(19)20)6-3-7-16(8-13)11(18)9-4-5-10(17)15-14-9/h4-5H,2-3,6-8H2,1H3,(H,15,17)(H,19,20). The second-order valence-electron chi connectivity index (χ2n) is 5.08. The Morgan fingerprint density at radius 3 is 2.80 bits per heavy atom. The molecule has 0 spiro atoms. The number of nitrogens with one attached hydrogen (secondary N) is 1. The fraction of sp³-hybridized carbons (Fsp3) is 0.538. The molecule has 2 heterocycles.